The summed E-state index contributed by atoms with van der Waals surface area (Å²) in [6.07, 6.45) is 0.975. The van der Waals surface area contributed by atoms with Gasteiger partial charge in [0.2, 0.25) is 0 Å². The molecule has 0 bridgehead atoms. The fraction of sp³-hybridized carbons (Fsp3) is 0.294. The second kappa shape index (κ2) is 8.23. The average molecular weight is 448 g/mol. The molecule has 2 aromatic carbocycles. The van der Waals surface area contributed by atoms with Gasteiger partial charge in [-0.3, -0.25) is 0 Å². The van der Waals surface area contributed by atoms with Gasteiger partial charge in [-0.1, -0.05) is 40.5 Å². The van der Waals surface area contributed by atoms with Crippen LogP contribution in [0.15, 0.2) is 39.3 Å². The highest BCUT2D eigenvalue weighted by molar-refractivity contribution is 9.11. The summed E-state index contributed by atoms with van der Waals surface area (Å²) >= 11 is 13.3. The number of anilines is 1. The van der Waals surface area contributed by atoms with Gasteiger partial charge in [0.15, 0.2) is 0 Å². The molecule has 0 amide bonds. The molecule has 0 heterocycles. The summed E-state index contributed by atoms with van der Waals surface area (Å²) in [6.45, 7) is 5.45. The lowest BCUT2D eigenvalue weighted by atomic mass is 10.2. The van der Waals surface area contributed by atoms with Gasteiger partial charge in [-0.2, -0.15) is 0 Å². The van der Waals surface area contributed by atoms with E-state index in [-0.39, 0.29) is 0 Å². The maximum atomic E-state index is 6.17. The zero-order valence-electron chi connectivity index (χ0n) is 12.6. The van der Waals surface area contributed by atoms with Crippen molar-refractivity contribution in [3.8, 4) is 5.75 Å². The van der Waals surface area contributed by atoms with Crippen molar-refractivity contribution in [1.82, 2.24) is 0 Å². The summed E-state index contributed by atoms with van der Waals surface area (Å²) in [6, 6.07) is 10.0. The standard InChI is InChI=1S/C17H18Br2ClNO/c1-3-6-22-17-12(7-13(18)8-15(17)19)10-21-14-5-4-11(2)16(20)9-14/h4-5,7-9,21H,3,6,10H2,1-2H3. The van der Waals surface area contributed by atoms with E-state index in [0.717, 1.165) is 43.0 Å². The molecule has 0 unspecified atom stereocenters. The fourth-order valence-electron chi connectivity index (χ4n) is 2.01. The maximum Gasteiger partial charge on any atom is 0.138 e. The van der Waals surface area contributed by atoms with Crippen molar-refractivity contribution in [3.05, 3.63) is 55.4 Å². The normalized spacial score (nSPS) is 10.6. The predicted molar refractivity (Wildman–Crippen MR) is 101 cm³/mol. The molecule has 0 aliphatic carbocycles. The molecule has 2 rings (SSSR count). The fourth-order valence-corrected chi connectivity index (χ4v) is 3.62. The average Bonchev–Trinajstić information content (AvgIpc) is 2.47. The Bertz CT molecular complexity index is 661. The summed E-state index contributed by atoms with van der Waals surface area (Å²) in [5, 5.41) is 4.16. The number of benzene rings is 2. The molecule has 0 saturated heterocycles. The predicted octanol–water partition coefficient (Wildman–Crippen LogP) is 6.57. The van der Waals surface area contributed by atoms with Crippen LogP contribution in [0.4, 0.5) is 5.69 Å². The van der Waals surface area contributed by atoms with Crippen molar-refractivity contribution in [2.75, 3.05) is 11.9 Å². The van der Waals surface area contributed by atoms with Gasteiger partial charge in [0.1, 0.15) is 5.75 Å². The largest absolute Gasteiger partial charge is 0.492 e. The number of nitrogens with one attached hydrogen (secondary N) is 1. The molecule has 0 atom stereocenters. The minimum atomic E-state index is 0.663. The van der Waals surface area contributed by atoms with Crippen molar-refractivity contribution in [1.29, 1.82) is 0 Å². The van der Waals surface area contributed by atoms with E-state index in [1.54, 1.807) is 0 Å². The monoisotopic (exact) mass is 445 g/mol. The van der Waals surface area contributed by atoms with E-state index in [4.69, 9.17) is 16.3 Å². The number of ether oxygens (including phenoxy) is 1. The SMILES string of the molecule is CCCOc1c(Br)cc(Br)cc1CNc1ccc(C)c(Cl)c1. The van der Waals surface area contributed by atoms with E-state index in [1.165, 1.54) is 0 Å². The quantitative estimate of drug-likeness (QED) is 0.540. The molecule has 0 aliphatic rings. The van der Waals surface area contributed by atoms with Gasteiger partial charge in [-0.15, -0.1) is 0 Å². The molecule has 2 aromatic rings. The lowest BCUT2D eigenvalue weighted by molar-refractivity contribution is 0.312. The van der Waals surface area contributed by atoms with Crippen LogP contribution in [0.1, 0.15) is 24.5 Å². The summed E-state index contributed by atoms with van der Waals surface area (Å²) < 4.78 is 7.84. The van der Waals surface area contributed by atoms with Crippen LogP contribution in [0.3, 0.4) is 0 Å². The van der Waals surface area contributed by atoms with Crippen molar-refractivity contribution in [2.24, 2.45) is 0 Å². The molecule has 0 spiro atoms. The molecule has 1 N–H and O–H groups in total. The maximum absolute atomic E-state index is 6.17. The molecular weight excluding hydrogens is 429 g/mol. The zero-order chi connectivity index (χ0) is 16.1. The van der Waals surface area contributed by atoms with Crippen LogP contribution < -0.4 is 10.1 Å². The third-order valence-corrected chi connectivity index (χ3v) is 4.64. The van der Waals surface area contributed by atoms with Crippen molar-refractivity contribution < 1.29 is 4.74 Å². The van der Waals surface area contributed by atoms with Gasteiger partial charge in [-0.25, -0.2) is 0 Å². The van der Waals surface area contributed by atoms with Crippen molar-refractivity contribution in [2.45, 2.75) is 26.8 Å². The highest BCUT2D eigenvalue weighted by Crippen LogP contribution is 2.33. The van der Waals surface area contributed by atoms with Gasteiger partial charge in [0, 0.05) is 27.3 Å². The highest BCUT2D eigenvalue weighted by atomic mass is 79.9. The van der Waals surface area contributed by atoms with Crippen molar-refractivity contribution >= 4 is 49.1 Å². The zero-order valence-corrected chi connectivity index (χ0v) is 16.5. The summed E-state index contributed by atoms with van der Waals surface area (Å²) in [4.78, 5) is 0. The Morgan fingerprint density at radius 3 is 2.64 bits per heavy atom. The Morgan fingerprint density at radius 2 is 1.95 bits per heavy atom. The van der Waals surface area contributed by atoms with Gasteiger partial charge in [0.05, 0.1) is 11.1 Å². The van der Waals surface area contributed by atoms with Crippen LogP contribution in [-0.2, 0) is 6.54 Å². The van der Waals surface area contributed by atoms with Crippen LogP contribution in [0, 0.1) is 6.92 Å². The molecule has 0 aliphatic heterocycles. The number of hydrogen-bond donors (Lipinski definition) is 1. The Hall–Kier alpha value is -0.710. The van der Waals surface area contributed by atoms with Gasteiger partial charge >= 0.3 is 0 Å². The summed E-state index contributed by atoms with van der Waals surface area (Å²) in [7, 11) is 0. The minimum Gasteiger partial charge on any atom is -0.492 e. The van der Waals surface area contributed by atoms with Crippen LogP contribution in [0.5, 0.6) is 5.75 Å². The van der Waals surface area contributed by atoms with Gasteiger partial charge < -0.3 is 10.1 Å². The molecule has 5 heteroatoms. The molecule has 2 nitrogen and oxygen atoms in total. The molecule has 118 valence electrons. The Kier molecular flexibility index (Phi) is 6.60. The Balaban J connectivity index is 2.18. The molecule has 0 saturated carbocycles. The highest BCUT2D eigenvalue weighted by Gasteiger charge is 2.10. The second-order valence-electron chi connectivity index (χ2n) is 5.04. The van der Waals surface area contributed by atoms with Crippen LogP contribution in [-0.4, -0.2) is 6.61 Å². The first-order valence-electron chi connectivity index (χ1n) is 7.12. The number of halogens is 3. The van der Waals surface area contributed by atoms with E-state index in [9.17, 15) is 0 Å². The number of hydrogen-bond acceptors (Lipinski definition) is 2. The van der Waals surface area contributed by atoms with Crippen LogP contribution in [0.2, 0.25) is 5.02 Å². The topological polar surface area (TPSA) is 21.3 Å². The molecule has 0 radical (unpaired) electrons. The second-order valence-corrected chi connectivity index (χ2v) is 7.22. The van der Waals surface area contributed by atoms with Crippen molar-refractivity contribution in [3.63, 3.8) is 0 Å². The first-order valence-corrected chi connectivity index (χ1v) is 9.08. The smallest absolute Gasteiger partial charge is 0.138 e. The van der Waals surface area contributed by atoms with Crippen LogP contribution in [0.25, 0.3) is 0 Å². The first-order chi connectivity index (χ1) is 10.5. The third kappa shape index (κ3) is 4.64. The van der Waals surface area contributed by atoms with E-state index in [2.05, 4.69) is 50.2 Å². The van der Waals surface area contributed by atoms with Gasteiger partial charge in [0.25, 0.3) is 0 Å². The summed E-state index contributed by atoms with van der Waals surface area (Å²) in [5.41, 5.74) is 3.16. The first kappa shape index (κ1) is 17.6. The van der Waals surface area contributed by atoms with E-state index < -0.39 is 0 Å². The molecule has 0 aromatic heterocycles. The lowest BCUT2D eigenvalue weighted by Gasteiger charge is -2.15. The Morgan fingerprint density at radius 1 is 1.18 bits per heavy atom. The molecular formula is C17H18Br2ClNO. The Labute approximate surface area is 153 Å². The van der Waals surface area contributed by atoms with E-state index in [1.807, 2.05) is 31.2 Å². The lowest BCUT2D eigenvalue weighted by Crippen LogP contribution is -2.05. The number of rotatable bonds is 6. The van der Waals surface area contributed by atoms with E-state index >= 15 is 0 Å². The molecule has 0 fully saturated rings. The minimum absolute atomic E-state index is 0.663. The third-order valence-electron chi connectivity index (χ3n) is 3.19. The van der Waals surface area contributed by atoms with E-state index in [0.29, 0.717) is 13.2 Å². The van der Waals surface area contributed by atoms with Gasteiger partial charge in [-0.05, 0) is 59.1 Å². The summed E-state index contributed by atoms with van der Waals surface area (Å²) in [5.74, 6) is 0.885. The van der Waals surface area contributed by atoms with Crippen LogP contribution >= 0.6 is 43.5 Å². The molecule has 22 heavy (non-hydrogen) atoms. The number of aryl methyl sites for hydroxylation is 1.